The summed E-state index contributed by atoms with van der Waals surface area (Å²) >= 11 is 0. The van der Waals surface area contributed by atoms with Crippen molar-refractivity contribution < 1.29 is 0 Å². The molecule has 0 aromatic carbocycles. The number of imidazole rings is 1. The summed E-state index contributed by atoms with van der Waals surface area (Å²) in [6.07, 6.45) is 10.8. The van der Waals surface area contributed by atoms with E-state index in [9.17, 15) is 0 Å². The van der Waals surface area contributed by atoms with Crippen molar-refractivity contribution in [3.05, 3.63) is 18.2 Å². The second-order valence-corrected chi connectivity index (χ2v) is 6.51. The maximum absolute atomic E-state index is 6.59. The van der Waals surface area contributed by atoms with E-state index < -0.39 is 0 Å². The van der Waals surface area contributed by atoms with Crippen LogP contribution in [0.1, 0.15) is 51.8 Å². The van der Waals surface area contributed by atoms with Crippen LogP contribution in [0, 0.1) is 5.41 Å². The van der Waals surface area contributed by atoms with Gasteiger partial charge in [-0.3, -0.25) is 0 Å². The molecule has 3 nitrogen and oxygen atoms in total. The zero-order chi connectivity index (χ0) is 12.5. The highest BCUT2D eigenvalue weighted by atomic mass is 15.0. The minimum absolute atomic E-state index is 0.0487. The minimum atomic E-state index is -0.0487. The molecule has 1 unspecified atom stereocenters. The number of aromatic nitrogens is 2. The normalized spacial score (nSPS) is 28.9. The summed E-state index contributed by atoms with van der Waals surface area (Å²) in [5.74, 6) is 1.12. The van der Waals surface area contributed by atoms with Gasteiger partial charge in [0, 0.05) is 31.4 Å². The molecule has 1 aliphatic carbocycles. The van der Waals surface area contributed by atoms with Crippen LogP contribution in [0.3, 0.4) is 0 Å². The van der Waals surface area contributed by atoms with Crippen molar-refractivity contribution in [2.24, 2.45) is 18.2 Å². The molecule has 0 radical (unpaired) electrons. The van der Waals surface area contributed by atoms with E-state index in [1.807, 2.05) is 19.4 Å². The quantitative estimate of drug-likeness (QED) is 0.801. The predicted octanol–water partition coefficient (Wildman–Crippen LogP) is 2.65. The zero-order valence-corrected chi connectivity index (χ0v) is 11.4. The molecule has 2 N–H and O–H groups in total. The summed E-state index contributed by atoms with van der Waals surface area (Å²) < 4.78 is 2.09. The molecule has 17 heavy (non-hydrogen) atoms. The summed E-state index contributed by atoms with van der Waals surface area (Å²) in [5.41, 5.74) is 7.00. The lowest BCUT2D eigenvalue weighted by molar-refractivity contribution is 0.295. The molecule has 0 saturated heterocycles. The molecule has 1 atom stereocenters. The van der Waals surface area contributed by atoms with Gasteiger partial charge in [-0.25, -0.2) is 4.98 Å². The molecule has 0 spiro atoms. The van der Waals surface area contributed by atoms with Crippen molar-refractivity contribution in [2.75, 3.05) is 0 Å². The van der Waals surface area contributed by atoms with Gasteiger partial charge in [0.15, 0.2) is 0 Å². The fourth-order valence-corrected chi connectivity index (χ4v) is 2.81. The maximum atomic E-state index is 6.59. The third-order valence-electron chi connectivity index (χ3n) is 4.26. The van der Waals surface area contributed by atoms with Crippen LogP contribution >= 0.6 is 0 Å². The highest BCUT2D eigenvalue weighted by Crippen LogP contribution is 2.38. The maximum Gasteiger partial charge on any atom is 0.110 e. The van der Waals surface area contributed by atoms with Gasteiger partial charge in [0.05, 0.1) is 0 Å². The van der Waals surface area contributed by atoms with Crippen molar-refractivity contribution in [1.29, 1.82) is 0 Å². The monoisotopic (exact) mass is 235 g/mol. The zero-order valence-electron chi connectivity index (χ0n) is 11.4. The van der Waals surface area contributed by atoms with Crippen LogP contribution in [0.25, 0.3) is 0 Å². The number of aryl methyl sites for hydroxylation is 1. The van der Waals surface area contributed by atoms with Crippen LogP contribution in [-0.2, 0) is 13.5 Å². The van der Waals surface area contributed by atoms with Gasteiger partial charge >= 0.3 is 0 Å². The SMILES string of the molecule is Cn1ccnc1CC1(N)CCCC(C)(C)CC1. The van der Waals surface area contributed by atoms with E-state index in [0.717, 1.165) is 25.1 Å². The van der Waals surface area contributed by atoms with Crippen molar-refractivity contribution >= 4 is 0 Å². The van der Waals surface area contributed by atoms with Crippen LogP contribution in [0.5, 0.6) is 0 Å². The molecular formula is C14H25N3. The van der Waals surface area contributed by atoms with Crippen LogP contribution in [0.4, 0.5) is 0 Å². The molecule has 1 heterocycles. The van der Waals surface area contributed by atoms with E-state index in [-0.39, 0.29) is 5.54 Å². The molecule has 1 saturated carbocycles. The molecular weight excluding hydrogens is 210 g/mol. The first-order valence-corrected chi connectivity index (χ1v) is 6.65. The van der Waals surface area contributed by atoms with Crippen molar-refractivity contribution in [3.63, 3.8) is 0 Å². The van der Waals surface area contributed by atoms with Crippen molar-refractivity contribution in [3.8, 4) is 0 Å². The minimum Gasteiger partial charge on any atom is -0.338 e. The van der Waals surface area contributed by atoms with Crippen LogP contribution in [-0.4, -0.2) is 15.1 Å². The number of rotatable bonds is 2. The molecule has 96 valence electrons. The molecule has 2 rings (SSSR count). The fourth-order valence-electron chi connectivity index (χ4n) is 2.81. The van der Waals surface area contributed by atoms with Gasteiger partial charge in [-0.1, -0.05) is 20.3 Å². The van der Waals surface area contributed by atoms with Gasteiger partial charge in [-0.05, 0) is 31.1 Å². The second-order valence-electron chi connectivity index (χ2n) is 6.51. The Balaban J connectivity index is 2.06. The van der Waals surface area contributed by atoms with Gasteiger partial charge in [0.2, 0.25) is 0 Å². The number of hydrogen-bond acceptors (Lipinski definition) is 2. The number of hydrogen-bond donors (Lipinski definition) is 1. The average molecular weight is 235 g/mol. The molecule has 1 aliphatic rings. The molecule has 1 aromatic rings. The highest BCUT2D eigenvalue weighted by Gasteiger charge is 2.33. The van der Waals surface area contributed by atoms with E-state index in [2.05, 4.69) is 23.4 Å². The summed E-state index contributed by atoms with van der Waals surface area (Å²) in [6.45, 7) is 4.72. The Hall–Kier alpha value is -0.830. The van der Waals surface area contributed by atoms with Crippen LogP contribution < -0.4 is 5.73 Å². The van der Waals surface area contributed by atoms with E-state index in [0.29, 0.717) is 5.41 Å². The van der Waals surface area contributed by atoms with Crippen LogP contribution in [0.15, 0.2) is 12.4 Å². The molecule has 0 amide bonds. The Kier molecular flexibility index (Phi) is 3.30. The van der Waals surface area contributed by atoms with E-state index in [1.54, 1.807) is 0 Å². The van der Waals surface area contributed by atoms with E-state index in [1.165, 1.54) is 19.3 Å². The van der Waals surface area contributed by atoms with Gasteiger partial charge in [0.1, 0.15) is 5.82 Å². The first kappa shape index (κ1) is 12.6. The summed E-state index contributed by atoms with van der Waals surface area (Å²) in [7, 11) is 2.05. The smallest absolute Gasteiger partial charge is 0.110 e. The molecule has 1 aromatic heterocycles. The first-order valence-electron chi connectivity index (χ1n) is 6.65. The lowest BCUT2D eigenvalue weighted by Crippen LogP contribution is -2.42. The Morgan fingerprint density at radius 2 is 2.06 bits per heavy atom. The molecule has 0 aliphatic heterocycles. The van der Waals surface area contributed by atoms with Gasteiger partial charge < -0.3 is 10.3 Å². The van der Waals surface area contributed by atoms with Gasteiger partial charge in [0.25, 0.3) is 0 Å². The number of nitrogens with two attached hydrogens (primary N) is 1. The fraction of sp³-hybridized carbons (Fsp3) is 0.786. The summed E-state index contributed by atoms with van der Waals surface area (Å²) in [5, 5.41) is 0. The molecule has 3 heteroatoms. The Labute approximate surface area is 104 Å². The third kappa shape index (κ3) is 3.09. The van der Waals surface area contributed by atoms with Crippen molar-refractivity contribution in [2.45, 2.75) is 57.9 Å². The highest BCUT2D eigenvalue weighted by molar-refractivity contribution is 5.01. The Morgan fingerprint density at radius 1 is 1.29 bits per heavy atom. The lowest BCUT2D eigenvalue weighted by Gasteiger charge is -2.29. The summed E-state index contributed by atoms with van der Waals surface area (Å²) in [4.78, 5) is 4.41. The van der Waals surface area contributed by atoms with E-state index >= 15 is 0 Å². The Morgan fingerprint density at radius 3 is 2.71 bits per heavy atom. The molecule has 1 fully saturated rings. The largest absolute Gasteiger partial charge is 0.338 e. The standard InChI is InChI=1S/C14H25N3/c1-13(2)5-4-6-14(15,8-7-13)11-12-16-9-10-17(12)3/h9-10H,4-8,11,15H2,1-3H3. The summed E-state index contributed by atoms with van der Waals surface area (Å²) in [6, 6.07) is 0. The predicted molar refractivity (Wildman–Crippen MR) is 70.7 cm³/mol. The van der Waals surface area contributed by atoms with Gasteiger partial charge in [-0.15, -0.1) is 0 Å². The average Bonchev–Trinajstić information content (AvgIpc) is 2.55. The van der Waals surface area contributed by atoms with E-state index in [4.69, 9.17) is 5.73 Å². The second kappa shape index (κ2) is 4.45. The first-order chi connectivity index (χ1) is 7.90. The third-order valence-corrected chi connectivity index (χ3v) is 4.26. The van der Waals surface area contributed by atoms with Gasteiger partial charge in [-0.2, -0.15) is 0 Å². The Bertz CT molecular complexity index is 381. The molecule has 0 bridgehead atoms. The number of nitrogens with zero attached hydrogens (tertiary/aromatic N) is 2. The lowest BCUT2D eigenvalue weighted by atomic mass is 9.83. The van der Waals surface area contributed by atoms with Crippen LogP contribution in [0.2, 0.25) is 0 Å². The topological polar surface area (TPSA) is 43.8 Å². The van der Waals surface area contributed by atoms with Crippen molar-refractivity contribution in [1.82, 2.24) is 9.55 Å².